The summed E-state index contributed by atoms with van der Waals surface area (Å²) in [6.07, 6.45) is 1.20. The van der Waals surface area contributed by atoms with Crippen molar-refractivity contribution in [2.24, 2.45) is 11.8 Å². The van der Waals surface area contributed by atoms with Crippen LogP contribution in [0, 0.1) is 11.8 Å². The molecule has 2 heteroatoms. The molecule has 0 amide bonds. The molecule has 1 unspecified atom stereocenters. The number of nitrogens with one attached hydrogen (secondary N) is 1. The van der Waals surface area contributed by atoms with Gasteiger partial charge in [0.15, 0.2) is 0 Å². The Morgan fingerprint density at radius 2 is 1.79 bits per heavy atom. The van der Waals surface area contributed by atoms with Crippen molar-refractivity contribution in [2.75, 3.05) is 19.8 Å². The highest BCUT2D eigenvalue weighted by molar-refractivity contribution is 4.67. The minimum atomic E-state index is 0.637. The van der Waals surface area contributed by atoms with Gasteiger partial charge in [0.05, 0.1) is 6.61 Å². The van der Waals surface area contributed by atoms with Crippen molar-refractivity contribution in [3.63, 3.8) is 0 Å². The smallest absolute Gasteiger partial charge is 0.0591 e. The minimum Gasteiger partial charge on any atom is -0.380 e. The van der Waals surface area contributed by atoms with Gasteiger partial charge in [-0.3, -0.25) is 0 Å². The van der Waals surface area contributed by atoms with Crippen LogP contribution in [0.25, 0.3) is 0 Å². The van der Waals surface area contributed by atoms with Gasteiger partial charge in [0.2, 0.25) is 0 Å². The molecule has 0 aliphatic heterocycles. The molecule has 0 rings (SSSR count). The normalized spacial score (nSPS) is 13.9. The second-order valence-electron chi connectivity index (χ2n) is 4.68. The maximum Gasteiger partial charge on any atom is 0.0591 e. The molecule has 0 fully saturated rings. The molecule has 0 saturated carbocycles. The van der Waals surface area contributed by atoms with Crippen molar-refractivity contribution in [1.82, 2.24) is 5.32 Å². The summed E-state index contributed by atoms with van der Waals surface area (Å²) in [5.74, 6) is 1.35. The van der Waals surface area contributed by atoms with Gasteiger partial charge in [-0.15, -0.1) is 0 Å². The Labute approximate surface area is 89.4 Å². The second-order valence-corrected chi connectivity index (χ2v) is 4.68. The third-order valence-corrected chi connectivity index (χ3v) is 2.35. The maximum atomic E-state index is 5.51. The van der Waals surface area contributed by atoms with E-state index in [1.807, 2.05) is 0 Å². The van der Waals surface area contributed by atoms with Crippen molar-refractivity contribution in [3.05, 3.63) is 0 Å². The van der Waals surface area contributed by atoms with E-state index in [1.165, 1.54) is 6.42 Å². The summed E-state index contributed by atoms with van der Waals surface area (Å²) in [7, 11) is 0. The van der Waals surface area contributed by atoms with Crippen molar-refractivity contribution in [3.8, 4) is 0 Å². The third-order valence-electron chi connectivity index (χ3n) is 2.35. The predicted octanol–water partition coefficient (Wildman–Crippen LogP) is 2.68. The van der Waals surface area contributed by atoms with E-state index in [-0.39, 0.29) is 0 Å². The lowest BCUT2D eigenvalue weighted by Gasteiger charge is -2.20. The zero-order valence-electron chi connectivity index (χ0n) is 10.5. The van der Waals surface area contributed by atoms with Gasteiger partial charge in [-0.1, -0.05) is 34.6 Å². The summed E-state index contributed by atoms with van der Waals surface area (Å²) in [6.45, 7) is 13.8. The lowest BCUT2D eigenvalue weighted by Crippen LogP contribution is -2.35. The Kier molecular flexibility index (Phi) is 8.20. The highest BCUT2D eigenvalue weighted by Crippen LogP contribution is 2.04. The minimum absolute atomic E-state index is 0.637. The molecule has 86 valence electrons. The number of hydrogen-bond donors (Lipinski definition) is 1. The van der Waals surface area contributed by atoms with Crippen LogP contribution in [0.5, 0.6) is 0 Å². The standard InChI is InChI=1S/C12H27NO/c1-6-12(11(4)5)13-7-8-14-9-10(2)3/h10-13H,6-9H2,1-5H3. The molecule has 0 radical (unpaired) electrons. The van der Waals surface area contributed by atoms with Crippen molar-refractivity contribution >= 4 is 0 Å². The van der Waals surface area contributed by atoms with E-state index in [4.69, 9.17) is 4.74 Å². The van der Waals surface area contributed by atoms with Gasteiger partial charge in [-0.2, -0.15) is 0 Å². The molecular weight excluding hydrogens is 174 g/mol. The molecule has 1 N–H and O–H groups in total. The topological polar surface area (TPSA) is 21.3 Å². The number of rotatable bonds is 8. The fraction of sp³-hybridized carbons (Fsp3) is 1.00. The Hall–Kier alpha value is -0.0800. The number of hydrogen-bond acceptors (Lipinski definition) is 2. The second kappa shape index (κ2) is 8.25. The Morgan fingerprint density at radius 3 is 2.21 bits per heavy atom. The van der Waals surface area contributed by atoms with E-state index in [0.29, 0.717) is 17.9 Å². The van der Waals surface area contributed by atoms with E-state index in [0.717, 1.165) is 19.8 Å². The first-order chi connectivity index (χ1) is 6.57. The van der Waals surface area contributed by atoms with Crippen LogP contribution in [0.1, 0.15) is 41.0 Å². The fourth-order valence-electron chi connectivity index (χ4n) is 1.49. The van der Waals surface area contributed by atoms with Crippen molar-refractivity contribution in [2.45, 2.75) is 47.1 Å². The Bertz CT molecular complexity index is 123. The monoisotopic (exact) mass is 201 g/mol. The molecule has 0 aromatic heterocycles. The van der Waals surface area contributed by atoms with Gasteiger partial charge < -0.3 is 10.1 Å². The highest BCUT2D eigenvalue weighted by Gasteiger charge is 2.08. The van der Waals surface area contributed by atoms with Gasteiger partial charge in [0, 0.05) is 19.2 Å². The number of ether oxygens (including phenoxy) is 1. The SMILES string of the molecule is CCC(NCCOCC(C)C)C(C)C. The van der Waals surface area contributed by atoms with E-state index in [9.17, 15) is 0 Å². The van der Waals surface area contributed by atoms with Crippen LogP contribution in [0.2, 0.25) is 0 Å². The maximum absolute atomic E-state index is 5.51. The van der Waals surface area contributed by atoms with Crippen LogP contribution in [0.3, 0.4) is 0 Å². The van der Waals surface area contributed by atoms with Crippen LogP contribution in [0.15, 0.2) is 0 Å². The van der Waals surface area contributed by atoms with Gasteiger partial charge in [0.25, 0.3) is 0 Å². The molecule has 0 heterocycles. The lowest BCUT2D eigenvalue weighted by molar-refractivity contribution is 0.108. The van der Waals surface area contributed by atoms with Crippen molar-refractivity contribution < 1.29 is 4.74 Å². The quantitative estimate of drug-likeness (QED) is 0.610. The summed E-state index contributed by atoms with van der Waals surface area (Å²) >= 11 is 0. The molecule has 2 nitrogen and oxygen atoms in total. The van der Waals surface area contributed by atoms with Crippen LogP contribution in [0.4, 0.5) is 0 Å². The first kappa shape index (κ1) is 13.9. The van der Waals surface area contributed by atoms with Crippen LogP contribution in [-0.4, -0.2) is 25.8 Å². The molecule has 0 aromatic rings. The summed E-state index contributed by atoms with van der Waals surface area (Å²) in [5, 5.41) is 3.52. The van der Waals surface area contributed by atoms with E-state index in [1.54, 1.807) is 0 Å². The van der Waals surface area contributed by atoms with Gasteiger partial charge in [0.1, 0.15) is 0 Å². The van der Waals surface area contributed by atoms with E-state index in [2.05, 4.69) is 39.9 Å². The largest absolute Gasteiger partial charge is 0.380 e. The summed E-state index contributed by atoms with van der Waals surface area (Å²) in [6, 6.07) is 0.637. The highest BCUT2D eigenvalue weighted by atomic mass is 16.5. The third kappa shape index (κ3) is 7.34. The fourth-order valence-corrected chi connectivity index (χ4v) is 1.49. The Balaban J connectivity index is 3.33. The molecular formula is C12H27NO. The van der Waals surface area contributed by atoms with Crippen molar-refractivity contribution in [1.29, 1.82) is 0 Å². The van der Waals surface area contributed by atoms with Crippen LogP contribution in [-0.2, 0) is 4.74 Å². The molecule has 0 spiro atoms. The predicted molar refractivity (Wildman–Crippen MR) is 62.6 cm³/mol. The van der Waals surface area contributed by atoms with Gasteiger partial charge >= 0.3 is 0 Å². The zero-order chi connectivity index (χ0) is 11.0. The molecule has 14 heavy (non-hydrogen) atoms. The van der Waals surface area contributed by atoms with E-state index >= 15 is 0 Å². The molecule has 0 aromatic carbocycles. The molecule has 0 bridgehead atoms. The first-order valence-electron chi connectivity index (χ1n) is 5.89. The van der Waals surface area contributed by atoms with Crippen LogP contribution < -0.4 is 5.32 Å². The molecule has 1 atom stereocenters. The average molecular weight is 201 g/mol. The molecule has 0 saturated heterocycles. The van der Waals surface area contributed by atoms with Gasteiger partial charge in [-0.25, -0.2) is 0 Å². The Morgan fingerprint density at radius 1 is 1.14 bits per heavy atom. The average Bonchev–Trinajstić information content (AvgIpc) is 2.10. The van der Waals surface area contributed by atoms with Crippen LogP contribution >= 0.6 is 0 Å². The van der Waals surface area contributed by atoms with E-state index < -0.39 is 0 Å². The zero-order valence-corrected chi connectivity index (χ0v) is 10.5. The lowest BCUT2D eigenvalue weighted by atomic mass is 10.0. The molecule has 0 aliphatic carbocycles. The summed E-state index contributed by atoms with van der Waals surface area (Å²) < 4.78 is 5.51. The summed E-state index contributed by atoms with van der Waals surface area (Å²) in [4.78, 5) is 0. The molecule has 0 aliphatic rings. The summed E-state index contributed by atoms with van der Waals surface area (Å²) in [5.41, 5.74) is 0. The van der Waals surface area contributed by atoms with Gasteiger partial charge in [-0.05, 0) is 18.3 Å². The first-order valence-corrected chi connectivity index (χ1v) is 5.89.